The normalized spacial score (nSPS) is 9.65. The van der Waals surface area contributed by atoms with Crippen LogP contribution < -0.4 is 11.1 Å². The lowest BCUT2D eigenvalue weighted by Crippen LogP contribution is -2.45. The van der Waals surface area contributed by atoms with E-state index < -0.39 is 6.09 Å². The molecule has 0 aromatic rings. The van der Waals surface area contributed by atoms with Gasteiger partial charge < -0.3 is 21.1 Å². The van der Waals surface area contributed by atoms with E-state index in [1.807, 2.05) is 20.8 Å². The van der Waals surface area contributed by atoms with Gasteiger partial charge in [-0.1, -0.05) is 10.2 Å². The predicted molar refractivity (Wildman–Crippen MR) is 101 cm³/mol. The first kappa shape index (κ1) is 25.4. The summed E-state index contributed by atoms with van der Waals surface area (Å²) < 4.78 is 0. The molecule has 0 aliphatic carbocycles. The maximum atomic E-state index is 10.9. The van der Waals surface area contributed by atoms with Crippen LogP contribution in [0.2, 0.25) is 0 Å². The summed E-state index contributed by atoms with van der Waals surface area (Å²) in [5.74, 6) is -0.0196. The highest BCUT2D eigenvalue weighted by Crippen LogP contribution is 2.14. The molecule has 0 rings (SSSR count). The maximum Gasteiger partial charge on any atom is 0.407 e. The van der Waals surface area contributed by atoms with Crippen LogP contribution in [0.5, 0.6) is 0 Å². The van der Waals surface area contributed by atoms with Gasteiger partial charge in [0.15, 0.2) is 5.96 Å². The molecule has 0 saturated heterocycles. The summed E-state index contributed by atoms with van der Waals surface area (Å²) in [4.78, 5) is 17.5. The van der Waals surface area contributed by atoms with E-state index in [9.17, 15) is 4.79 Å². The van der Waals surface area contributed by atoms with Gasteiger partial charge in [-0.05, 0) is 57.5 Å². The number of nitrogens with one attached hydrogen (secondary N) is 2. The molecule has 0 fully saturated rings. The number of hydrogen-bond acceptors (Lipinski definition) is 4. The van der Waals surface area contributed by atoms with Gasteiger partial charge in [0.2, 0.25) is 0 Å². The SMILES string of the molecule is CC(C)(C)N(CCCCN=[N+]=[N-])C(=O)O.[N-]=[N+]=NCCCCNC(=N)N. The molecule has 12 nitrogen and oxygen atoms in total. The van der Waals surface area contributed by atoms with Crippen molar-refractivity contribution in [3.05, 3.63) is 20.9 Å². The first-order chi connectivity index (χ1) is 12.2. The van der Waals surface area contributed by atoms with Crippen molar-refractivity contribution >= 4 is 12.1 Å². The second-order valence-electron chi connectivity index (χ2n) is 6.27. The van der Waals surface area contributed by atoms with E-state index in [1.165, 1.54) is 4.90 Å². The van der Waals surface area contributed by atoms with Crippen LogP contribution in [0, 0.1) is 5.41 Å². The zero-order valence-electron chi connectivity index (χ0n) is 15.7. The van der Waals surface area contributed by atoms with Crippen LogP contribution in [0.3, 0.4) is 0 Å². The Hall–Kier alpha value is -2.84. The second kappa shape index (κ2) is 15.7. The summed E-state index contributed by atoms with van der Waals surface area (Å²) in [5.41, 5.74) is 20.6. The van der Waals surface area contributed by atoms with E-state index in [4.69, 9.17) is 27.3 Å². The summed E-state index contributed by atoms with van der Waals surface area (Å²) in [6, 6.07) is 0. The van der Waals surface area contributed by atoms with Crippen LogP contribution in [-0.2, 0) is 0 Å². The molecule has 0 aromatic heterocycles. The molecular weight excluding hydrogens is 340 g/mol. The number of carbonyl (C=O) groups is 1. The van der Waals surface area contributed by atoms with Crippen molar-refractivity contribution in [2.24, 2.45) is 16.0 Å². The fourth-order valence-corrected chi connectivity index (χ4v) is 1.79. The summed E-state index contributed by atoms with van der Waals surface area (Å²) in [5, 5.41) is 25.1. The van der Waals surface area contributed by atoms with E-state index in [0.29, 0.717) is 39.0 Å². The number of nitrogens with zero attached hydrogens (tertiary/aromatic N) is 7. The summed E-state index contributed by atoms with van der Waals surface area (Å²) in [6.07, 6.45) is 2.20. The molecule has 12 heteroatoms. The van der Waals surface area contributed by atoms with E-state index >= 15 is 0 Å². The van der Waals surface area contributed by atoms with E-state index in [1.54, 1.807) is 0 Å². The molecule has 26 heavy (non-hydrogen) atoms. The van der Waals surface area contributed by atoms with Crippen molar-refractivity contribution in [1.82, 2.24) is 10.2 Å². The number of rotatable bonds is 10. The Kier molecular flexibility index (Phi) is 15.3. The van der Waals surface area contributed by atoms with Crippen LogP contribution in [0.4, 0.5) is 4.79 Å². The lowest BCUT2D eigenvalue weighted by atomic mass is 10.1. The van der Waals surface area contributed by atoms with Crippen molar-refractivity contribution in [3.8, 4) is 0 Å². The smallest absolute Gasteiger partial charge is 0.407 e. The number of unbranched alkanes of at least 4 members (excludes halogenated alkanes) is 2. The highest BCUT2D eigenvalue weighted by molar-refractivity contribution is 5.74. The molecule has 0 unspecified atom stereocenters. The number of hydrogen-bond donors (Lipinski definition) is 4. The number of guanidine groups is 1. The summed E-state index contributed by atoms with van der Waals surface area (Å²) >= 11 is 0. The Morgan fingerprint density at radius 3 is 2.04 bits per heavy atom. The summed E-state index contributed by atoms with van der Waals surface area (Å²) in [7, 11) is 0. The molecule has 0 heterocycles. The van der Waals surface area contributed by atoms with Crippen LogP contribution in [0.1, 0.15) is 46.5 Å². The largest absolute Gasteiger partial charge is 0.465 e. The predicted octanol–water partition coefficient (Wildman–Crippen LogP) is 3.42. The van der Waals surface area contributed by atoms with Crippen molar-refractivity contribution in [3.63, 3.8) is 0 Å². The van der Waals surface area contributed by atoms with Crippen LogP contribution >= 0.6 is 0 Å². The lowest BCUT2D eigenvalue weighted by molar-refractivity contribution is 0.0992. The summed E-state index contributed by atoms with van der Waals surface area (Å²) in [6.45, 7) is 7.64. The molecule has 0 bridgehead atoms. The van der Waals surface area contributed by atoms with Crippen molar-refractivity contribution in [2.75, 3.05) is 26.2 Å². The van der Waals surface area contributed by atoms with Crippen LogP contribution in [0.15, 0.2) is 10.2 Å². The average molecular weight is 370 g/mol. The molecule has 0 aromatic carbocycles. The van der Waals surface area contributed by atoms with Gasteiger partial charge >= 0.3 is 6.09 Å². The van der Waals surface area contributed by atoms with Gasteiger partial charge in [0, 0.05) is 41.5 Å². The minimum absolute atomic E-state index is 0.0196. The fourth-order valence-electron chi connectivity index (χ4n) is 1.79. The molecule has 0 spiro atoms. The Balaban J connectivity index is 0. The monoisotopic (exact) mass is 370 g/mol. The quantitative estimate of drug-likeness (QED) is 0.114. The number of amides is 1. The maximum absolute atomic E-state index is 10.9. The molecular formula is C14H30N10O2. The molecule has 0 saturated carbocycles. The van der Waals surface area contributed by atoms with E-state index in [0.717, 1.165) is 12.8 Å². The topological polar surface area (TPSA) is 200 Å². The van der Waals surface area contributed by atoms with Crippen LogP contribution in [-0.4, -0.2) is 53.8 Å². The molecule has 148 valence electrons. The first-order valence-electron chi connectivity index (χ1n) is 8.27. The van der Waals surface area contributed by atoms with E-state index in [2.05, 4.69) is 25.4 Å². The lowest BCUT2D eigenvalue weighted by Gasteiger charge is -2.33. The Morgan fingerprint density at radius 1 is 1.15 bits per heavy atom. The number of azide groups is 2. The van der Waals surface area contributed by atoms with Crippen molar-refractivity contribution < 1.29 is 9.90 Å². The standard InChI is InChI=1S/C9H18N4O2.C5H12N6/c1-9(2,3)13(8(14)15)7-5-4-6-11-12-10;6-5(7)9-3-1-2-4-10-11-8/h4-7H2,1-3H3,(H,14,15);1-4H2,(H4,6,7,9). The average Bonchev–Trinajstić information content (AvgIpc) is 2.53. The van der Waals surface area contributed by atoms with Gasteiger partial charge in [-0.2, -0.15) is 0 Å². The van der Waals surface area contributed by atoms with E-state index in [-0.39, 0.29) is 11.5 Å². The van der Waals surface area contributed by atoms with Gasteiger partial charge in [-0.3, -0.25) is 5.41 Å². The zero-order chi connectivity index (χ0) is 20.4. The Bertz CT molecular complexity index is 500. The highest BCUT2D eigenvalue weighted by Gasteiger charge is 2.24. The first-order valence-corrected chi connectivity index (χ1v) is 8.27. The molecule has 0 radical (unpaired) electrons. The molecule has 0 atom stereocenters. The number of nitrogens with two attached hydrogens (primary N) is 1. The van der Waals surface area contributed by atoms with Gasteiger partial charge in [0.1, 0.15) is 0 Å². The molecule has 1 amide bonds. The zero-order valence-corrected chi connectivity index (χ0v) is 15.7. The van der Waals surface area contributed by atoms with Crippen molar-refractivity contribution in [2.45, 2.75) is 52.0 Å². The molecule has 0 aliphatic heterocycles. The van der Waals surface area contributed by atoms with Crippen molar-refractivity contribution in [1.29, 1.82) is 5.41 Å². The van der Waals surface area contributed by atoms with Gasteiger partial charge in [0.05, 0.1) is 0 Å². The third-order valence-corrected chi connectivity index (χ3v) is 3.06. The highest BCUT2D eigenvalue weighted by atomic mass is 16.4. The molecule has 0 aliphatic rings. The van der Waals surface area contributed by atoms with Gasteiger partial charge in [-0.25, -0.2) is 4.79 Å². The Labute approximate surface area is 153 Å². The third kappa shape index (κ3) is 17.5. The third-order valence-electron chi connectivity index (χ3n) is 3.06. The number of carboxylic acid groups (broad SMARTS) is 1. The second-order valence-corrected chi connectivity index (χ2v) is 6.27. The fraction of sp³-hybridized carbons (Fsp3) is 0.857. The van der Waals surface area contributed by atoms with Gasteiger partial charge in [-0.15, -0.1) is 0 Å². The van der Waals surface area contributed by atoms with Crippen LogP contribution in [0.25, 0.3) is 20.9 Å². The minimum Gasteiger partial charge on any atom is -0.465 e. The minimum atomic E-state index is -0.911. The molecule has 5 N–H and O–H groups in total. The Morgan fingerprint density at radius 2 is 1.65 bits per heavy atom. The van der Waals surface area contributed by atoms with Gasteiger partial charge in [0.25, 0.3) is 0 Å².